The Hall–Kier alpha value is -1.30. The van der Waals surface area contributed by atoms with Gasteiger partial charge in [-0.3, -0.25) is 4.79 Å². The van der Waals surface area contributed by atoms with Crippen molar-refractivity contribution in [3.8, 4) is 5.75 Å². The molecule has 0 radical (unpaired) electrons. The van der Waals surface area contributed by atoms with Crippen LogP contribution in [0.25, 0.3) is 0 Å². The summed E-state index contributed by atoms with van der Waals surface area (Å²) in [6.07, 6.45) is 3.53. The molecule has 2 rings (SSSR count). The lowest BCUT2D eigenvalue weighted by atomic mass is 10.2. The molecule has 0 saturated carbocycles. The predicted octanol–water partition coefficient (Wildman–Crippen LogP) is 3.07. The third kappa shape index (κ3) is 5.91. The van der Waals surface area contributed by atoms with Crippen LogP contribution in [0.4, 0.5) is 0 Å². The number of carbonyl (C=O) groups is 1. The highest BCUT2D eigenvalue weighted by Crippen LogP contribution is 2.23. The number of hydroxylamine groups is 1. The van der Waals surface area contributed by atoms with Crippen molar-refractivity contribution in [3.63, 3.8) is 0 Å². The van der Waals surface area contributed by atoms with E-state index in [2.05, 4.69) is 5.48 Å². The van der Waals surface area contributed by atoms with Gasteiger partial charge in [0.25, 0.3) is 0 Å². The zero-order valence-electron chi connectivity index (χ0n) is 11.8. The van der Waals surface area contributed by atoms with Crippen molar-refractivity contribution in [1.82, 2.24) is 5.48 Å². The summed E-state index contributed by atoms with van der Waals surface area (Å²) in [6, 6.07) is 7.26. The van der Waals surface area contributed by atoms with Crippen LogP contribution in [0.1, 0.15) is 32.1 Å². The molecular formula is C15H20ClNO4. The SMILES string of the molecule is O=C(CCCOc1ccccc1Cl)NOC1CCCCO1. The Labute approximate surface area is 129 Å². The first-order valence-corrected chi connectivity index (χ1v) is 7.57. The summed E-state index contributed by atoms with van der Waals surface area (Å²) >= 11 is 5.96. The average molecular weight is 314 g/mol. The molecule has 1 unspecified atom stereocenters. The third-order valence-electron chi connectivity index (χ3n) is 3.08. The largest absolute Gasteiger partial charge is 0.492 e. The molecule has 1 fully saturated rings. The molecule has 1 aromatic carbocycles. The van der Waals surface area contributed by atoms with Crippen LogP contribution in [0.2, 0.25) is 5.02 Å². The highest BCUT2D eigenvalue weighted by Gasteiger charge is 2.15. The second kappa shape index (κ2) is 8.87. The molecule has 6 heteroatoms. The first kappa shape index (κ1) is 16.1. The van der Waals surface area contributed by atoms with E-state index >= 15 is 0 Å². The topological polar surface area (TPSA) is 56.8 Å². The highest BCUT2D eigenvalue weighted by atomic mass is 35.5. The molecular weight excluding hydrogens is 294 g/mol. The van der Waals surface area contributed by atoms with E-state index in [-0.39, 0.29) is 12.2 Å². The third-order valence-corrected chi connectivity index (χ3v) is 3.40. The highest BCUT2D eigenvalue weighted by molar-refractivity contribution is 6.32. The molecule has 1 aliphatic heterocycles. The van der Waals surface area contributed by atoms with Crippen LogP contribution in [0.5, 0.6) is 5.75 Å². The standard InChI is InChI=1S/C15H20ClNO4/c16-12-6-1-2-7-13(12)19-11-5-8-14(18)17-21-15-9-3-4-10-20-15/h1-2,6-7,15H,3-5,8-11H2,(H,17,18). The van der Waals surface area contributed by atoms with Crippen LogP contribution in [0, 0.1) is 0 Å². The number of ether oxygens (including phenoxy) is 2. The number of para-hydroxylation sites is 1. The summed E-state index contributed by atoms with van der Waals surface area (Å²) < 4.78 is 10.9. The Balaban J connectivity index is 1.56. The zero-order valence-corrected chi connectivity index (χ0v) is 12.6. The van der Waals surface area contributed by atoms with Crippen molar-refractivity contribution in [2.75, 3.05) is 13.2 Å². The molecule has 1 saturated heterocycles. The van der Waals surface area contributed by atoms with E-state index in [0.717, 1.165) is 19.3 Å². The number of halogens is 1. The van der Waals surface area contributed by atoms with E-state index in [9.17, 15) is 4.79 Å². The quantitative estimate of drug-likeness (QED) is 0.621. The van der Waals surface area contributed by atoms with Gasteiger partial charge in [0.2, 0.25) is 5.91 Å². The fourth-order valence-electron chi connectivity index (χ4n) is 1.96. The van der Waals surface area contributed by atoms with Gasteiger partial charge in [0.05, 0.1) is 11.6 Å². The maximum absolute atomic E-state index is 11.6. The van der Waals surface area contributed by atoms with E-state index in [1.807, 2.05) is 12.1 Å². The van der Waals surface area contributed by atoms with Crippen molar-refractivity contribution in [2.24, 2.45) is 0 Å². The van der Waals surface area contributed by atoms with Crippen molar-refractivity contribution in [2.45, 2.75) is 38.4 Å². The molecule has 1 aliphatic rings. The minimum Gasteiger partial charge on any atom is -0.492 e. The minimum atomic E-state index is -0.318. The fourth-order valence-corrected chi connectivity index (χ4v) is 2.15. The van der Waals surface area contributed by atoms with Gasteiger partial charge in [-0.15, -0.1) is 0 Å². The molecule has 1 amide bonds. The van der Waals surface area contributed by atoms with Crippen molar-refractivity contribution in [3.05, 3.63) is 29.3 Å². The predicted molar refractivity (Wildman–Crippen MR) is 79.0 cm³/mol. The van der Waals surface area contributed by atoms with Crippen LogP contribution < -0.4 is 10.2 Å². The Bertz CT molecular complexity index is 449. The van der Waals surface area contributed by atoms with E-state index in [1.54, 1.807) is 12.1 Å². The van der Waals surface area contributed by atoms with Gasteiger partial charge in [-0.05, 0) is 31.4 Å². The van der Waals surface area contributed by atoms with Gasteiger partial charge >= 0.3 is 0 Å². The van der Waals surface area contributed by atoms with Crippen LogP contribution in [-0.4, -0.2) is 25.4 Å². The van der Waals surface area contributed by atoms with E-state index < -0.39 is 0 Å². The van der Waals surface area contributed by atoms with E-state index in [1.165, 1.54) is 0 Å². The second-order valence-corrected chi connectivity index (χ2v) is 5.23. The number of rotatable bonds is 7. The fraction of sp³-hybridized carbons (Fsp3) is 0.533. The van der Waals surface area contributed by atoms with E-state index in [4.69, 9.17) is 25.9 Å². The molecule has 1 heterocycles. The maximum Gasteiger partial charge on any atom is 0.243 e. The van der Waals surface area contributed by atoms with Gasteiger partial charge in [0, 0.05) is 19.4 Å². The Morgan fingerprint density at radius 1 is 1.38 bits per heavy atom. The molecule has 0 aromatic heterocycles. The van der Waals surface area contributed by atoms with Crippen molar-refractivity contribution >= 4 is 17.5 Å². The van der Waals surface area contributed by atoms with Crippen LogP contribution in [0.3, 0.4) is 0 Å². The normalized spacial score (nSPS) is 18.2. The maximum atomic E-state index is 11.6. The molecule has 116 valence electrons. The molecule has 1 aromatic rings. The van der Waals surface area contributed by atoms with E-state index in [0.29, 0.717) is 36.8 Å². The first-order valence-electron chi connectivity index (χ1n) is 7.19. The van der Waals surface area contributed by atoms with Gasteiger partial charge in [-0.1, -0.05) is 23.7 Å². The summed E-state index contributed by atoms with van der Waals surface area (Å²) in [5, 5.41) is 0.569. The van der Waals surface area contributed by atoms with Crippen LogP contribution in [-0.2, 0) is 14.4 Å². The van der Waals surface area contributed by atoms with Crippen molar-refractivity contribution in [1.29, 1.82) is 0 Å². The second-order valence-electron chi connectivity index (χ2n) is 4.82. The Morgan fingerprint density at radius 3 is 3.00 bits per heavy atom. The lowest BCUT2D eigenvalue weighted by molar-refractivity contribution is -0.200. The molecule has 1 N–H and O–H groups in total. The molecule has 0 bridgehead atoms. The Kier molecular flexibility index (Phi) is 6.79. The monoisotopic (exact) mass is 313 g/mol. The van der Waals surface area contributed by atoms with Gasteiger partial charge in [0.15, 0.2) is 6.29 Å². The Morgan fingerprint density at radius 2 is 2.24 bits per heavy atom. The summed E-state index contributed by atoms with van der Waals surface area (Å²) in [4.78, 5) is 16.8. The molecule has 21 heavy (non-hydrogen) atoms. The molecule has 1 atom stereocenters. The number of hydrogen-bond donors (Lipinski definition) is 1. The van der Waals surface area contributed by atoms with Gasteiger partial charge in [-0.2, -0.15) is 0 Å². The smallest absolute Gasteiger partial charge is 0.243 e. The minimum absolute atomic E-state index is 0.174. The summed E-state index contributed by atoms with van der Waals surface area (Å²) in [6.45, 7) is 1.11. The van der Waals surface area contributed by atoms with Crippen LogP contribution >= 0.6 is 11.6 Å². The molecule has 5 nitrogen and oxygen atoms in total. The molecule has 0 aliphatic carbocycles. The lowest BCUT2D eigenvalue weighted by Crippen LogP contribution is -2.33. The number of nitrogens with one attached hydrogen (secondary N) is 1. The number of amides is 1. The average Bonchev–Trinajstić information content (AvgIpc) is 2.52. The lowest BCUT2D eigenvalue weighted by Gasteiger charge is -2.22. The number of hydrogen-bond acceptors (Lipinski definition) is 4. The van der Waals surface area contributed by atoms with Gasteiger partial charge < -0.3 is 9.47 Å². The number of benzene rings is 1. The summed E-state index contributed by atoms with van der Waals surface area (Å²) in [5.41, 5.74) is 2.42. The summed E-state index contributed by atoms with van der Waals surface area (Å²) in [5.74, 6) is 0.457. The van der Waals surface area contributed by atoms with Gasteiger partial charge in [0.1, 0.15) is 5.75 Å². The number of carbonyl (C=O) groups excluding carboxylic acids is 1. The molecule has 0 spiro atoms. The first-order chi connectivity index (χ1) is 10.3. The summed E-state index contributed by atoms with van der Waals surface area (Å²) in [7, 11) is 0. The van der Waals surface area contributed by atoms with Gasteiger partial charge in [-0.25, -0.2) is 10.3 Å². The zero-order chi connectivity index (χ0) is 14.9. The van der Waals surface area contributed by atoms with Crippen LogP contribution in [0.15, 0.2) is 24.3 Å². The van der Waals surface area contributed by atoms with Crippen molar-refractivity contribution < 1.29 is 19.1 Å².